The van der Waals surface area contributed by atoms with E-state index < -0.39 is 0 Å². The number of nitrogens with two attached hydrogens (primary N) is 1. The van der Waals surface area contributed by atoms with E-state index in [1.807, 2.05) is 11.6 Å². The van der Waals surface area contributed by atoms with Gasteiger partial charge >= 0.3 is 0 Å². The average Bonchev–Trinajstić information content (AvgIpc) is 3.59. The predicted molar refractivity (Wildman–Crippen MR) is 163 cm³/mol. The Bertz CT molecular complexity index is 931. The molecule has 0 spiro atoms. The summed E-state index contributed by atoms with van der Waals surface area (Å²) in [7, 11) is 1.50. The van der Waals surface area contributed by atoms with Gasteiger partial charge in [0.2, 0.25) is 0 Å². The van der Waals surface area contributed by atoms with Gasteiger partial charge in [-0.05, 0) is 149 Å². The van der Waals surface area contributed by atoms with Crippen LogP contribution in [0.1, 0.15) is 114 Å². The summed E-state index contributed by atoms with van der Waals surface area (Å²) >= 11 is 0. The summed E-state index contributed by atoms with van der Waals surface area (Å²) in [5, 5.41) is 3.22. The molecular weight excluding hydrogens is 448 g/mol. The van der Waals surface area contributed by atoms with Gasteiger partial charge in [-0.2, -0.15) is 0 Å². The zero-order chi connectivity index (χ0) is 26.3. The maximum Gasteiger partial charge on any atom is -0.00484 e. The fourth-order valence-corrected chi connectivity index (χ4v) is 8.76. The highest BCUT2D eigenvalue weighted by Gasteiger charge is 2.54. The van der Waals surface area contributed by atoms with Crippen LogP contribution in [-0.2, 0) is 0 Å². The topological polar surface area (TPSA) is 38.0 Å². The summed E-state index contributed by atoms with van der Waals surface area (Å²) in [5.41, 5.74) is 11.0. The second kappa shape index (κ2) is 13.4. The summed E-state index contributed by atoms with van der Waals surface area (Å²) < 4.78 is 0. The first-order valence-corrected chi connectivity index (χ1v) is 15.5. The van der Waals surface area contributed by atoms with Gasteiger partial charge in [-0.1, -0.05) is 68.0 Å². The van der Waals surface area contributed by atoms with Crippen LogP contribution in [0.15, 0.2) is 42.5 Å². The molecule has 4 fully saturated rings. The van der Waals surface area contributed by atoms with Gasteiger partial charge in [0, 0.05) is 0 Å². The van der Waals surface area contributed by atoms with Crippen molar-refractivity contribution in [1.29, 1.82) is 0 Å². The molecule has 1 aromatic carbocycles. The minimum atomic E-state index is 0.482. The molecule has 6 atom stereocenters. The summed E-state index contributed by atoms with van der Waals surface area (Å²) in [4.78, 5) is 0. The van der Waals surface area contributed by atoms with E-state index in [4.69, 9.17) is 0 Å². The second-order valence-electron chi connectivity index (χ2n) is 12.4. The first-order valence-electron chi connectivity index (χ1n) is 15.5. The largest absolute Gasteiger partial charge is 0.333 e. The molecule has 1 saturated heterocycles. The highest BCUT2D eigenvalue weighted by molar-refractivity contribution is 5.65. The third kappa shape index (κ3) is 6.17. The lowest BCUT2D eigenvalue weighted by Gasteiger charge is -2.48. The number of fused-ring (bicyclic) bond motifs is 4. The van der Waals surface area contributed by atoms with Crippen LogP contribution < -0.4 is 11.1 Å². The molecule has 0 amide bonds. The van der Waals surface area contributed by atoms with E-state index in [2.05, 4.69) is 67.9 Å². The minimum absolute atomic E-state index is 0.482. The smallest absolute Gasteiger partial charge is 0.00484 e. The SMILES string of the molecule is C1CCNC1.C=Cc1cc(C2CCC3C4CCC5CCCCC5=CC4CCC23C)ccc1/C=C\C.CN. The van der Waals surface area contributed by atoms with Crippen LogP contribution in [0.3, 0.4) is 0 Å². The molecule has 0 bridgehead atoms. The summed E-state index contributed by atoms with van der Waals surface area (Å²) in [6.07, 6.45) is 26.4. The zero-order valence-corrected chi connectivity index (χ0v) is 24.1. The molecular formula is C35H54N2. The molecule has 3 saturated carbocycles. The lowest BCUT2D eigenvalue weighted by Crippen LogP contribution is -2.40. The second-order valence-corrected chi connectivity index (χ2v) is 12.4. The lowest BCUT2D eigenvalue weighted by atomic mass is 9.56. The Balaban J connectivity index is 0.000000403. The third-order valence-corrected chi connectivity index (χ3v) is 10.6. The molecule has 2 heteroatoms. The van der Waals surface area contributed by atoms with E-state index >= 15 is 0 Å². The Hall–Kier alpha value is -1.64. The Morgan fingerprint density at radius 3 is 2.46 bits per heavy atom. The van der Waals surface area contributed by atoms with E-state index in [1.54, 1.807) is 5.56 Å². The molecule has 4 aliphatic carbocycles. The van der Waals surface area contributed by atoms with Gasteiger partial charge in [0.15, 0.2) is 0 Å². The van der Waals surface area contributed by atoms with Gasteiger partial charge in [0.25, 0.3) is 0 Å². The number of allylic oxidation sites excluding steroid dienone is 3. The summed E-state index contributed by atoms with van der Waals surface area (Å²) in [5.74, 6) is 4.39. The fourth-order valence-electron chi connectivity index (χ4n) is 8.76. The fraction of sp³-hybridized carbons (Fsp3) is 0.657. The normalized spacial score (nSPS) is 34.5. The molecule has 2 nitrogen and oxygen atoms in total. The van der Waals surface area contributed by atoms with Crippen LogP contribution in [0.4, 0.5) is 0 Å². The van der Waals surface area contributed by atoms with Gasteiger partial charge in [-0.3, -0.25) is 0 Å². The monoisotopic (exact) mass is 502 g/mol. The number of benzene rings is 1. The average molecular weight is 503 g/mol. The van der Waals surface area contributed by atoms with Crippen LogP contribution in [-0.4, -0.2) is 20.1 Å². The molecule has 3 N–H and O–H groups in total. The van der Waals surface area contributed by atoms with Crippen molar-refractivity contribution < 1.29 is 0 Å². The standard InChI is InChI=1S/C30H40.C4H9N.CH5N/c1-4-8-22-11-12-26(19-21(22)5-2)28-15-16-29-27-14-13-23-9-6-7-10-24(23)20-25(27)17-18-30(28,29)3;1-2-4-5-3-1;1-2/h4-5,8,11-12,19-20,23,25,27-29H,2,6-7,9-10,13-18H2,1,3H3;5H,1-4H2;2H2,1H3/b8-4-;;. The predicted octanol–water partition coefficient (Wildman–Crippen LogP) is 8.74. The van der Waals surface area contributed by atoms with E-state index in [9.17, 15) is 0 Å². The van der Waals surface area contributed by atoms with E-state index in [0.29, 0.717) is 5.41 Å². The van der Waals surface area contributed by atoms with E-state index in [-0.39, 0.29) is 0 Å². The van der Waals surface area contributed by atoms with E-state index in [1.165, 1.54) is 108 Å². The Morgan fingerprint density at radius 1 is 0.946 bits per heavy atom. The van der Waals surface area contributed by atoms with Crippen molar-refractivity contribution in [3.63, 3.8) is 0 Å². The molecule has 6 rings (SSSR count). The van der Waals surface area contributed by atoms with Crippen molar-refractivity contribution in [3.05, 3.63) is 59.2 Å². The Labute approximate surface area is 228 Å². The molecule has 0 radical (unpaired) electrons. The number of hydrogen-bond acceptors (Lipinski definition) is 2. The van der Waals surface area contributed by atoms with Crippen molar-refractivity contribution in [3.8, 4) is 0 Å². The number of nitrogens with one attached hydrogen (secondary N) is 1. The number of hydrogen-bond donors (Lipinski definition) is 2. The van der Waals surface area contributed by atoms with Crippen LogP contribution in [0.25, 0.3) is 12.2 Å². The minimum Gasteiger partial charge on any atom is -0.333 e. The molecule has 6 unspecified atom stereocenters. The third-order valence-electron chi connectivity index (χ3n) is 10.6. The Kier molecular flexibility index (Phi) is 10.3. The van der Waals surface area contributed by atoms with Crippen LogP contribution in [0, 0.1) is 29.1 Å². The van der Waals surface area contributed by atoms with Crippen LogP contribution >= 0.6 is 0 Å². The van der Waals surface area contributed by atoms with Crippen molar-refractivity contribution >= 4 is 12.2 Å². The molecule has 0 aromatic heterocycles. The lowest BCUT2D eigenvalue weighted by molar-refractivity contribution is 0.0418. The first kappa shape index (κ1) is 28.4. The zero-order valence-electron chi connectivity index (χ0n) is 24.1. The van der Waals surface area contributed by atoms with Gasteiger partial charge in [0.05, 0.1) is 0 Å². The summed E-state index contributed by atoms with van der Waals surface area (Å²) in [6, 6.07) is 7.21. The molecule has 1 heterocycles. The van der Waals surface area contributed by atoms with Crippen molar-refractivity contribution in [2.24, 2.45) is 34.8 Å². The quantitative estimate of drug-likeness (QED) is 0.405. The van der Waals surface area contributed by atoms with E-state index in [0.717, 1.165) is 29.6 Å². The first-order chi connectivity index (χ1) is 18.1. The van der Waals surface area contributed by atoms with Crippen LogP contribution in [0.2, 0.25) is 0 Å². The van der Waals surface area contributed by atoms with Crippen molar-refractivity contribution in [1.82, 2.24) is 5.32 Å². The molecule has 5 aliphatic rings. The molecule has 1 aliphatic heterocycles. The molecule has 37 heavy (non-hydrogen) atoms. The number of rotatable bonds is 3. The maximum absolute atomic E-state index is 4.50. The van der Waals surface area contributed by atoms with Gasteiger partial charge < -0.3 is 11.1 Å². The van der Waals surface area contributed by atoms with Gasteiger partial charge in [-0.15, -0.1) is 0 Å². The molecule has 1 aromatic rings. The van der Waals surface area contributed by atoms with Crippen molar-refractivity contribution in [2.45, 2.75) is 96.8 Å². The highest BCUT2D eigenvalue weighted by atomic mass is 14.9. The summed E-state index contributed by atoms with van der Waals surface area (Å²) in [6.45, 7) is 11.4. The Morgan fingerprint density at radius 2 is 1.76 bits per heavy atom. The highest BCUT2D eigenvalue weighted by Crippen LogP contribution is 2.64. The van der Waals surface area contributed by atoms with Gasteiger partial charge in [0.1, 0.15) is 0 Å². The maximum atomic E-state index is 4.50. The molecule has 204 valence electrons. The van der Waals surface area contributed by atoms with Crippen LogP contribution in [0.5, 0.6) is 0 Å². The van der Waals surface area contributed by atoms with Gasteiger partial charge in [-0.25, -0.2) is 0 Å². The van der Waals surface area contributed by atoms with Crippen molar-refractivity contribution in [2.75, 3.05) is 20.1 Å².